The van der Waals surface area contributed by atoms with Crippen LogP contribution in [-0.2, 0) is 4.74 Å². The molecule has 3 rings (SSSR count). The summed E-state index contributed by atoms with van der Waals surface area (Å²) in [6.45, 7) is 2.66. The molecule has 1 aliphatic heterocycles. The molecule has 0 radical (unpaired) electrons. The minimum Gasteiger partial charge on any atom is -0.378 e. The highest BCUT2D eigenvalue weighted by Crippen LogP contribution is 2.31. The molecule has 0 bridgehead atoms. The molecule has 0 unspecified atom stereocenters. The van der Waals surface area contributed by atoms with Crippen molar-refractivity contribution in [3.05, 3.63) is 33.6 Å². The molecule has 1 amide bonds. The van der Waals surface area contributed by atoms with Gasteiger partial charge in [-0.1, -0.05) is 22.0 Å². The van der Waals surface area contributed by atoms with E-state index in [1.54, 1.807) is 11.3 Å². The number of amides is 1. The number of rotatable bonds is 1. The van der Waals surface area contributed by atoms with E-state index in [1.165, 1.54) is 0 Å². The van der Waals surface area contributed by atoms with Crippen molar-refractivity contribution in [1.29, 1.82) is 0 Å². The van der Waals surface area contributed by atoms with Crippen LogP contribution in [0.15, 0.2) is 28.7 Å². The lowest BCUT2D eigenvalue weighted by molar-refractivity contribution is 0.0306. The monoisotopic (exact) mass is 325 g/mol. The predicted octanol–water partition coefficient (Wildman–Crippen LogP) is 3.14. The van der Waals surface area contributed by atoms with Gasteiger partial charge < -0.3 is 9.64 Å². The number of carbonyl (C=O) groups is 1. The van der Waals surface area contributed by atoms with Crippen LogP contribution < -0.4 is 0 Å². The Hall–Kier alpha value is -0.910. The van der Waals surface area contributed by atoms with Crippen LogP contribution in [0.4, 0.5) is 0 Å². The van der Waals surface area contributed by atoms with E-state index in [-0.39, 0.29) is 5.91 Å². The van der Waals surface area contributed by atoms with Gasteiger partial charge in [0.25, 0.3) is 5.91 Å². The molecule has 2 heterocycles. The summed E-state index contributed by atoms with van der Waals surface area (Å²) < 4.78 is 7.44. The fourth-order valence-electron chi connectivity index (χ4n) is 2.05. The number of hydrogen-bond donors (Lipinski definition) is 0. The van der Waals surface area contributed by atoms with E-state index < -0.39 is 0 Å². The van der Waals surface area contributed by atoms with Gasteiger partial charge in [0.1, 0.15) is 0 Å². The number of benzene rings is 1. The molecule has 1 aromatic carbocycles. The van der Waals surface area contributed by atoms with Crippen LogP contribution in [0.25, 0.3) is 10.1 Å². The number of nitrogens with zero attached hydrogens (tertiary/aromatic N) is 1. The second-order valence-corrected chi connectivity index (χ2v) is 6.10. The van der Waals surface area contributed by atoms with Crippen molar-refractivity contribution in [2.75, 3.05) is 26.3 Å². The number of hydrogen-bond acceptors (Lipinski definition) is 3. The number of thiophene rings is 1. The molecule has 0 N–H and O–H groups in total. The fraction of sp³-hybridized carbons (Fsp3) is 0.308. The Morgan fingerprint density at radius 2 is 2.11 bits per heavy atom. The Kier molecular flexibility index (Phi) is 3.37. The molecule has 18 heavy (non-hydrogen) atoms. The lowest BCUT2D eigenvalue weighted by Crippen LogP contribution is -2.40. The van der Waals surface area contributed by atoms with Gasteiger partial charge in [-0.2, -0.15) is 0 Å². The maximum absolute atomic E-state index is 12.3. The third kappa shape index (κ3) is 2.18. The van der Waals surface area contributed by atoms with Crippen LogP contribution in [0, 0.1) is 0 Å². The Labute approximate surface area is 117 Å². The number of ether oxygens (including phenoxy) is 1. The molecule has 0 spiro atoms. The fourth-order valence-corrected chi connectivity index (χ4v) is 3.72. The van der Waals surface area contributed by atoms with Gasteiger partial charge in [0.05, 0.1) is 18.1 Å². The lowest BCUT2D eigenvalue weighted by atomic mass is 10.2. The van der Waals surface area contributed by atoms with Crippen LogP contribution in [-0.4, -0.2) is 37.1 Å². The zero-order valence-electron chi connectivity index (χ0n) is 9.69. The van der Waals surface area contributed by atoms with Crippen LogP contribution in [0.3, 0.4) is 0 Å². The van der Waals surface area contributed by atoms with Crippen molar-refractivity contribution in [3.8, 4) is 0 Å². The zero-order valence-corrected chi connectivity index (χ0v) is 12.1. The van der Waals surface area contributed by atoms with E-state index in [9.17, 15) is 4.79 Å². The molecule has 1 fully saturated rings. The van der Waals surface area contributed by atoms with Gasteiger partial charge in [-0.25, -0.2) is 0 Å². The Bertz CT molecular complexity index is 590. The van der Waals surface area contributed by atoms with Gasteiger partial charge in [0.2, 0.25) is 0 Å². The summed E-state index contributed by atoms with van der Waals surface area (Å²) in [5.74, 6) is 0.117. The highest BCUT2D eigenvalue weighted by atomic mass is 79.9. The summed E-state index contributed by atoms with van der Waals surface area (Å²) in [7, 11) is 0. The minimum atomic E-state index is 0.117. The second-order valence-electron chi connectivity index (χ2n) is 4.17. The normalized spacial score (nSPS) is 16.2. The molecule has 5 heteroatoms. The van der Waals surface area contributed by atoms with Gasteiger partial charge in [-0.05, 0) is 18.2 Å². The maximum atomic E-state index is 12.3. The molecule has 1 saturated heterocycles. The van der Waals surface area contributed by atoms with E-state index in [0.29, 0.717) is 26.3 Å². The van der Waals surface area contributed by atoms with E-state index in [0.717, 1.165) is 19.4 Å². The standard InChI is InChI=1S/C13H12BrNO2S/c14-10-2-1-3-11-9(10)8-12(18-11)13(16)15-4-6-17-7-5-15/h1-3,8H,4-7H2. The second kappa shape index (κ2) is 4.99. The SMILES string of the molecule is O=C(c1cc2c(Br)cccc2s1)N1CCOCC1. The van der Waals surface area contributed by atoms with Crippen molar-refractivity contribution >= 4 is 43.3 Å². The maximum Gasteiger partial charge on any atom is 0.264 e. The summed E-state index contributed by atoms with van der Waals surface area (Å²) in [6.07, 6.45) is 0. The summed E-state index contributed by atoms with van der Waals surface area (Å²) in [6, 6.07) is 8.01. The molecule has 0 saturated carbocycles. The van der Waals surface area contributed by atoms with Crippen molar-refractivity contribution in [2.24, 2.45) is 0 Å². The van der Waals surface area contributed by atoms with E-state index in [4.69, 9.17) is 4.74 Å². The quantitative estimate of drug-likeness (QED) is 0.806. The molecule has 1 aliphatic rings. The van der Waals surface area contributed by atoms with Gasteiger partial charge >= 0.3 is 0 Å². The average Bonchev–Trinajstić information content (AvgIpc) is 2.84. The van der Waals surface area contributed by atoms with E-state index in [2.05, 4.69) is 15.9 Å². The largest absolute Gasteiger partial charge is 0.378 e. The van der Waals surface area contributed by atoms with Gasteiger partial charge in [-0.3, -0.25) is 4.79 Å². The first-order valence-electron chi connectivity index (χ1n) is 5.81. The van der Waals surface area contributed by atoms with E-state index in [1.807, 2.05) is 29.2 Å². The molecular weight excluding hydrogens is 314 g/mol. The van der Waals surface area contributed by atoms with Crippen molar-refractivity contribution in [3.63, 3.8) is 0 Å². The van der Waals surface area contributed by atoms with Gasteiger partial charge in [-0.15, -0.1) is 11.3 Å². The Balaban J connectivity index is 1.94. The summed E-state index contributed by atoms with van der Waals surface area (Å²) in [5, 5.41) is 1.11. The molecule has 0 aliphatic carbocycles. The van der Waals surface area contributed by atoms with Crippen molar-refractivity contribution < 1.29 is 9.53 Å². The summed E-state index contributed by atoms with van der Waals surface area (Å²) >= 11 is 5.07. The Morgan fingerprint density at radius 3 is 2.83 bits per heavy atom. The Morgan fingerprint density at radius 1 is 1.33 bits per heavy atom. The molecule has 1 aromatic heterocycles. The number of carbonyl (C=O) groups excluding carboxylic acids is 1. The van der Waals surface area contributed by atoms with Crippen LogP contribution in [0.5, 0.6) is 0 Å². The van der Waals surface area contributed by atoms with Crippen LogP contribution >= 0.6 is 27.3 Å². The number of halogens is 1. The van der Waals surface area contributed by atoms with Crippen molar-refractivity contribution in [2.45, 2.75) is 0 Å². The first kappa shape index (κ1) is 12.1. The number of morpholine rings is 1. The van der Waals surface area contributed by atoms with Crippen LogP contribution in [0.1, 0.15) is 9.67 Å². The lowest BCUT2D eigenvalue weighted by Gasteiger charge is -2.26. The average molecular weight is 326 g/mol. The minimum absolute atomic E-state index is 0.117. The first-order valence-corrected chi connectivity index (χ1v) is 7.42. The third-order valence-corrected chi connectivity index (χ3v) is 4.80. The first-order chi connectivity index (χ1) is 8.75. The van der Waals surface area contributed by atoms with Gasteiger partial charge in [0.15, 0.2) is 0 Å². The number of fused-ring (bicyclic) bond motifs is 1. The topological polar surface area (TPSA) is 29.5 Å². The van der Waals surface area contributed by atoms with Crippen molar-refractivity contribution in [1.82, 2.24) is 4.90 Å². The summed E-state index contributed by atoms with van der Waals surface area (Å²) in [5.41, 5.74) is 0. The highest BCUT2D eigenvalue weighted by Gasteiger charge is 2.20. The predicted molar refractivity (Wildman–Crippen MR) is 76.2 cm³/mol. The third-order valence-electron chi connectivity index (χ3n) is 3.02. The molecule has 3 nitrogen and oxygen atoms in total. The highest BCUT2D eigenvalue weighted by molar-refractivity contribution is 9.10. The van der Waals surface area contributed by atoms with Crippen LogP contribution in [0.2, 0.25) is 0 Å². The van der Waals surface area contributed by atoms with Gasteiger partial charge in [0, 0.05) is 27.6 Å². The summed E-state index contributed by atoms with van der Waals surface area (Å²) in [4.78, 5) is 15.0. The molecule has 94 valence electrons. The molecular formula is C13H12BrNO2S. The zero-order chi connectivity index (χ0) is 12.5. The van der Waals surface area contributed by atoms with E-state index >= 15 is 0 Å². The molecule has 0 atom stereocenters. The molecule has 2 aromatic rings. The smallest absolute Gasteiger partial charge is 0.264 e.